The van der Waals surface area contributed by atoms with Gasteiger partial charge in [0.05, 0.1) is 0 Å². The van der Waals surface area contributed by atoms with Gasteiger partial charge in [-0.2, -0.15) is 0 Å². The maximum Gasteiger partial charge on any atom is 0.256 e. The first-order chi connectivity index (χ1) is 11.7. The van der Waals surface area contributed by atoms with Gasteiger partial charge in [-0.25, -0.2) is 0 Å². The Morgan fingerprint density at radius 1 is 0.750 bits per heavy atom. The molecule has 2 nitrogen and oxygen atoms in total. The van der Waals surface area contributed by atoms with E-state index in [9.17, 15) is 4.79 Å². The monoisotopic (exact) mass is 331 g/mol. The summed E-state index contributed by atoms with van der Waals surface area (Å²) in [4.78, 5) is 12.7. The third-order valence-electron chi connectivity index (χ3n) is 4.12. The molecule has 116 valence electrons. The Kier molecular flexibility index (Phi) is 3.68. The van der Waals surface area contributed by atoms with Crippen LogP contribution in [0.25, 0.3) is 21.5 Å². The molecule has 0 aliphatic carbocycles. The van der Waals surface area contributed by atoms with Crippen molar-refractivity contribution < 1.29 is 4.79 Å². The maximum atomic E-state index is 12.7. The Bertz CT molecular complexity index is 1070. The summed E-state index contributed by atoms with van der Waals surface area (Å²) in [6.45, 7) is 0. The van der Waals surface area contributed by atoms with Crippen LogP contribution in [0.3, 0.4) is 0 Å². The second kappa shape index (κ2) is 5.99. The van der Waals surface area contributed by atoms with Crippen LogP contribution in [-0.2, 0) is 0 Å². The Balaban J connectivity index is 1.72. The number of benzene rings is 4. The first-order valence-electron chi connectivity index (χ1n) is 7.70. The molecule has 0 radical (unpaired) electrons. The number of carbonyl (C=O) groups is 1. The molecule has 0 atom stereocenters. The van der Waals surface area contributed by atoms with Gasteiger partial charge in [0.1, 0.15) is 0 Å². The van der Waals surface area contributed by atoms with Crippen LogP contribution < -0.4 is 5.32 Å². The molecule has 0 saturated heterocycles. The highest BCUT2D eigenvalue weighted by molar-refractivity contribution is 6.36. The maximum absolute atomic E-state index is 12.7. The van der Waals surface area contributed by atoms with Crippen molar-refractivity contribution in [2.75, 3.05) is 5.32 Å². The predicted molar refractivity (Wildman–Crippen MR) is 101 cm³/mol. The Morgan fingerprint density at radius 2 is 1.50 bits per heavy atom. The van der Waals surface area contributed by atoms with Crippen LogP contribution in [-0.4, -0.2) is 5.91 Å². The molecule has 0 aliphatic heterocycles. The number of amides is 1. The summed E-state index contributed by atoms with van der Waals surface area (Å²) < 4.78 is 0. The van der Waals surface area contributed by atoms with E-state index in [2.05, 4.69) is 5.32 Å². The van der Waals surface area contributed by atoms with Crippen molar-refractivity contribution in [1.82, 2.24) is 0 Å². The summed E-state index contributed by atoms with van der Waals surface area (Å²) >= 11 is 6.23. The molecule has 4 aromatic carbocycles. The van der Waals surface area contributed by atoms with E-state index in [-0.39, 0.29) is 5.91 Å². The zero-order valence-electron chi connectivity index (χ0n) is 12.8. The number of fused-ring (bicyclic) bond motifs is 2. The lowest BCUT2D eigenvalue weighted by atomic mass is 10.0. The quantitative estimate of drug-likeness (QED) is 0.487. The molecule has 1 N–H and O–H groups in total. The highest BCUT2D eigenvalue weighted by Crippen LogP contribution is 2.27. The fourth-order valence-electron chi connectivity index (χ4n) is 2.94. The molecule has 0 bridgehead atoms. The number of hydrogen-bond acceptors (Lipinski definition) is 1. The van der Waals surface area contributed by atoms with Crippen molar-refractivity contribution in [2.45, 2.75) is 0 Å². The number of carbonyl (C=O) groups excluding carboxylic acids is 1. The van der Waals surface area contributed by atoms with Crippen LogP contribution in [0.1, 0.15) is 10.4 Å². The Labute approximate surface area is 144 Å². The number of anilines is 1. The number of nitrogens with one attached hydrogen (secondary N) is 1. The van der Waals surface area contributed by atoms with Crippen molar-refractivity contribution in [1.29, 1.82) is 0 Å². The summed E-state index contributed by atoms with van der Waals surface area (Å²) in [6.07, 6.45) is 0. The molecule has 0 spiro atoms. The van der Waals surface area contributed by atoms with Gasteiger partial charge in [0.15, 0.2) is 0 Å². The highest BCUT2D eigenvalue weighted by atomic mass is 35.5. The number of halogens is 1. The average Bonchev–Trinajstić information content (AvgIpc) is 2.61. The van der Waals surface area contributed by atoms with Crippen molar-refractivity contribution in [3.05, 3.63) is 89.4 Å². The summed E-state index contributed by atoms with van der Waals surface area (Å²) in [5.41, 5.74) is 1.39. The molecular weight excluding hydrogens is 318 g/mol. The summed E-state index contributed by atoms with van der Waals surface area (Å²) in [6, 6.07) is 25.2. The third-order valence-corrected chi connectivity index (χ3v) is 4.45. The van der Waals surface area contributed by atoms with E-state index in [4.69, 9.17) is 11.6 Å². The third kappa shape index (κ3) is 2.61. The van der Waals surface area contributed by atoms with E-state index in [0.717, 1.165) is 27.2 Å². The van der Waals surface area contributed by atoms with Gasteiger partial charge in [0.2, 0.25) is 0 Å². The van der Waals surface area contributed by atoms with E-state index in [1.54, 1.807) is 0 Å². The Hall–Kier alpha value is -2.84. The van der Waals surface area contributed by atoms with E-state index in [0.29, 0.717) is 10.6 Å². The van der Waals surface area contributed by atoms with Crippen molar-refractivity contribution in [3.63, 3.8) is 0 Å². The minimum atomic E-state index is -0.141. The molecule has 4 aromatic rings. The normalized spacial score (nSPS) is 10.9. The molecule has 0 fully saturated rings. The van der Waals surface area contributed by atoms with Crippen LogP contribution >= 0.6 is 11.6 Å². The smallest absolute Gasteiger partial charge is 0.256 e. The van der Waals surface area contributed by atoms with Gasteiger partial charge in [-0.05, 0) is 40.4 Å². The van der Waals surface area contributed by atoms with Crippen LogP contribution in [0.4, 0.5) is 5.69 Å². The fraction of sp³-hybridized carbons (Fsp3) is 0. The molecular formula is C21H14ClNO. The summed E-state index contributed by atoms with van der Waals surface area (Å²) in [5.74, 6) is -0.141. The topological polar surface area (TPSA) is 29.1 Å². The molecule has 24 heavy (non-hydrogen) atoms. The van der Waals surface area contributed by atoms with E-state index in [1.165, 1.54) is 0 Å². The molecule has 0 aromatic heterocycles. The van der Waals surface area contributed by atoms with Gasteiger partial charge >= 0.3 is 0 Å². The lowest BCUT2D eigenvalue weighted by Crippen LogP contribution is -2.12. The van der Waals surface area contributed by atoms with Gasteiger partial charge in [-0.3, -0.25) is 4.79 Å². The van der Waals surface area contributed by atoms with E-state index >= 15 is 0 Å². The predicted octanol–water partition coefficient (Wildman–Crippen LogP) is 5.90. The lowest BCUT2D eigenvalue weighted by molar-refractivity contribution is 0.102. The minimum Gasteiger partial charge on any atom is -0.322 e. The van der Waals surface area contributed by atoms with Crippen molar-refractivity contribution in [2.24, 2.45) is 0 Å². The Morgan fingerprint density at radius 3 is 2.38 bits per heavy atom. The van der Waals surface area contributed by atoms with Gasteiger partial charge in [-0.15, -0.1) is 0 Å². The van der Waals surface area contributed by atoms with Crippen LogP contribution in [0.5, 0.6) is 0 Å². The first kappa shape index (κ1) is 14.7. The largest absolute Gasteiger partial charge is 0.322 e. The minimum absolute atomic E-state index is 0.141. The van der Waals surface area contributed by atoms with Crippen molar-refractivity contribution in [3.8, 4) is 0 Å². The van der Waals surface area contributed by atoms with Gasteiger partial charge in [0, 0.05) is 21.7 Å². The standard InChI is InChI=1S/C21H14ClNO/c22-20-10-4-7-17-18(20)8-3-9-19(17)21(24)23-16-12-11-14-5-1-2-6-15(14)13-16/h1-13H,(H,23,24). The first-order valence-corrected chi connectivity index (χ1v) is 8.07. The second-order valence-corrected chi connectivity index (χ2v) is 6.06. The molecule has 0 unspecified atom stereocenters. The van der Waals surface area contributed by atoms with Gasteiger partial charge in [0.25, 0.3) is 5.91 Å². The van der Waals surface area contributed by atoms with Crippen LogP contribution in [0.2, 0.25) is 5.02 Å². The van der Waals surface area contributed by atoms with Crippen LogP contribution in [0, 0.1) is 0 Å². The van der Waals surface area contributed by atoms with Crippen LogP contribution in [0.15, 0.2) is 78.9 Å². The van der Waals surface area contributed by atoms with E-state index < -0.39 is 0 Å². The van der Waals surface area contributed by atoms with Gasteiger partial charge < -0.3 is 5.32 Å². The lowest BCUT2D eigenvalue weighted by Gasteiger charge is -2.09. The fourth-order valence-corrected chi connectivity index (χ4v) is 3.17. The summed E-state index contributed by atoms with van der Waals surface area (Å²) in [5, 5.41) is 7.60. The number of hydrogen-bond donors (Lipinski definition) is 1. The zero-order valence-corrected chi connectivity index (χ0v) is 13.5. The van der Waals surface area contributed by atoms with Crippen molar-refractivity contribution >= 4 is 44.7 Å². The highest BCUT2D eigenvalue weighted by Gasteiger charge is 2.11. The molecule has 4 rings (SSSR count). The molecule has 0 aliphatic rings. The SMILES string of the molecule is O=C(Nc1ccc2ccccc2c1)c1cccc2c(Cl)cccc12. The molecule has 1 amide bonds. The van der Waals surface area contributed by atoms with E-state index in [1.807, 2.05) is 78.9 Å². The van der Waals surface area contributed by atoms with Gasteiger partial charge in [-0.1, -0.05) is 66.2 Å². The average molecular weight is 332 g/mol. The number of rotatable bonds is 2. The second-order valence-electron chi connectivity index (χ2n) is 5.66. The zero-order chi connectivity index (χ0) is 16.5. The molecule has 0 heterocycles. The molecule has 3 heteroatoms. The summed E-state index contributed by atoms with van der Waals surface area (Å²) in [7, 11) is 0. The molecule has 0 saturated carbocycles.